The smallest absolute Gasteiger partial charge is 0.300 e. The average Bonchev–Trinajstić information content (AvgIpc) is 2.95. The van der Waals surface area contributed by atoms with Crippen LogP contribution in [-0.2, 0) is 27.3 Å². The zero-order valence-corrected chi connectivity index (χ0v) is 14.2. The molecule has 0 unspecified atom stereocenters. The summed E-state index contributed by atoms with van der Waals surface area (Å²) in [6.45, 7) is 4.06. The van der Waals surface area contributed by atoms with Crippen molar-refractivity contribution in [2.45, 2.75) is 37.8 Å². The van der Waals surface area contributed by atoms with Crippen LogP contribution < -0.4 is 10.3 Å². The van der Waals surface area contributed by atoms with Crippen LogP contribution in [0.15, 0.2) is 40.0 Å². The van der Waals surface area contributed by atoms with E-state index in [0.717, 1.165) is 11.3 Å². The van der Waals surface area contributed by atoms with Crippen molar-refractivity contribution >= 4 is 10.1 Å². The minimum Gasteiger partial charge on any atom is -0.457 e. The lowest BCUT2D eigenvalue weighted by Crippen LogP contribution is -2.24. The normalized spacial score (nSPS) is 16.7. The van der Waals surface area contributed by atoms with Gasteiger partial charge in [0.25, 0.3) is 21.7 Å². The first-order valence-electron chi connectivity index (χ1n) is 7.62. The Balaban J connectivity index is 1.70. The van der Waals surface area contributed by atoms with Gasteiger partial charge in [-0.25, -0.2) is 0 Å². The summed E-state index contributed by atoms with van der Waals surface area (Å²) in [7, 11) is -3.85. The van der Waals surface area contributed by atoms with Crippen molar-refractivity contribution in [2.75, 3.05) is 6.61 Å². The standard InChI is InChI=1S/C16H18N2O5S/c1-3-12-8-15(19)17-16-18(12)9-13(23-16)10-22-24(20,21)14-6-4-11(2)5-7-14/h4-8,13H,3,9-10H2,1-2H3/t13-/m0/s1. The van der Waals surface area contributed by atoms with Gasteiger partial charge < -0.3 is 4.74 Å². The predicted octanol–water partition coefficient (Wildman–Crippen LogP) is 1.28. The van der Waals surface area contributed by atoms with Crippen molar-refractivity contribution in [1.82, 2.24) is 9.55 Å². The van der Waals surface area contributed by atoms with E-state index < -0.39 is 16.2 Å². The number of aryl methyl sites for hydroxylation is 2. The maximum Gasteiger partial charge on any atom is 0.300 e. The largest absolute Gasteiger partial charge is 0.457 e. The zero-order chi connectivity index (χ0) is 17.3. The molecule has 128 valence electrons. The third-order valence-electron chi connectivity index (χ3n) is 3.81. The zero-order valence-electron chi connectivity index (χ0n) is 13.4. The van der Waals surface area contributed by atoms with E-state index in [0.29, 0.717) is 13.0 Å². The molecule has 1 aliphatic heterocycles. The predicted molar refractivity (Wildman–Crippen MR) is 86.6 cm³/mol. The fraction of sp³-hybridized carbons (Fsp3) is 0.375. The quantitative estimate of drug-likeness (QED) is 0.755. The van der Waals surface area contributed by atoms with Crippen LogP contribution in [0.2, 0.25) is 0 Å². The number of hydrogen-bond acceptors (Lipinski definition) is 6. The summed E-state index contributed by atoms with van der Waals surface area (Å²) in [6, 6.07) is 8.09. The summed E-state index contributed by atoms with van der Waals surface area (Å²) in [6.07, 6.45) is 0.147. The number of aromatic nitrogens is 2. The first kappa shape index (κ1) is 16.7. The van der Waals surface area contributed by atoms with E-state index in [4.69, 9.17) is 8.92 Å². The molecule has 1 aromatic carbocycles. The second-order valence-corrected chi connectivity index (χ2v) is 7.24. The Morgan fingerprint density at radius 1 is 1.33 bits per heavy atom. The van der Waals surface area contributed by atoms with Crippen molar-refractivity contribution in [2.24, 2.45) is 0 Å². The van der Waals surface area contributed by atoms with Crippen molar-refractivity contribution in [3.63, 3.8) is 0 Å². The summed E-state index contributed by atoms with van der Waals surface area (Å²) >= 11 is 0. The summed E-state index contributed by atoms with van der Waals surface area (Å²) in [5.74, 6) is 0. The highest BCUT2D eigenvalue weighted by molar-refractivity contribution is 7.86. The molecule has 2 aromatic rings. The minimum absolute atomic E-state index is 0.102. The van der Waals surface area contributed by atoms with Gasteiger partial charge in [0.1, 0.15) is 12.7 Å². The Hall–Kier alpha value is -2.19. The molecule has 0 aliphatic carbocycles. The Bertz CT molecular complexity index is 903. The molecule has 24 heavy (non-hydrogen) atoms. The second kappa shape index (κ2) is 6.37. The second-order valence-electron chi connectivity index (χ2n) is 5.62. The fourth-order valence-electron chi connectivity index (χ4n) is 2.52. The Morgan fingerprint density at radius 2 is 2.04 bits per heavy atom. The molecular formula is C16H18N2O5S. The molecule has 7 nitrogen and oxygen atoms in total. The SMILES string of the molecule is CCc1cc(=O)nc2n1C[C@@H](COS(=O)(=O)c1ccc(C)cc1)O2. The van der Waals surface area contributed by atoms with E-state index in [1.54, 1.807) is 16.7 Å². The molecule has 3 rings (SSSR count). The topological polar surface area (TPSA) is 87.5 Å². The van der Waals surface area contributed by atoms with E-state index in [2.05, 4.69) is 4.98 Å². The number of ether oxygens (including phenoxy) is 1. The first-order chi connectivity index (χ1) is 11.4. The molecule has 0 spiro atoms. The molecule has 0 bridgehead atoms. The van der Waals surface area contributed by atoms with E-state index >= 15 is 0 Å². The monoisotopic (exact) mass is 350 g/mol. The van der Waals surface area contributed by atoms with Gasteiger partial charge in [-0.05, 0) is 25.5 Å². The van der Waals surface area contributed by atoms with Gasteiger partial charge in [-0.2, -0.15) is 13.4 Å². The van der Waals surface area contributed by atoms with Gasteiger partial charge in [0.15, 0.2) is 0 Å². The van der Waals surface area contributed by atoms with Crippen LogP contribution in [0.5, 0.6) is 6.01 Å². The number of rotatable bonds is 5. The van der Waals surface area contributed by atoms with Crippen LogP contribution in [0.3, 0.4) is 0 Å². The molecule has 2 heterocycles. The molecule has 1 atom stereocenters. The van der Waals surface area contributed by atoms with E-state index in [1.807, 2.05) is 13.8 Å². The van der Waals surface area contributed by atoms with Crippen LogP contribution in [-0.4, -0.2) is 30.7 Å². The third-order valence-corrected chi connectivity index (χ3v) is 5.11. The van der Waals surface area contributed by atoms with Crippen molar-refractivity contribution in [3.05, 3.63) is 51.9 Å². The van der Waals surface area contributed by atoms with E-state index in [1.165, 1.54) is 18.2 Å². The summed E-state index contributed by atoms with van der Waals surface area (Å²) in [5.41, 5.74) is 1.40. The molecule has 0 saturated heterocycles. The average molecular weight is 350 g/mol. The lowest BCUT2D eigenvalue weighted by molar-refractivity contribution is 0.147. The fourth-order valence-corrected chi connectivity index (χ4v) is 3.46. The third kappa shape index (κ3) is 3.34. The van der Waals surface area contributed by atoms with Crippen LogP contribution in [0.1, 0.15) is 18.2 Å². The highest BCUT2D eigenvalue weighted by Crippen LogP contribution is 2.21. The maximum absolute atomic E-state index is 12.2. The van der Waals surface area contributed by atoms with Crippen molar-refractivity contribution in [3.8, 4) is 6.01 Å². The number of hydrogen-bond donors (Lipinski definition) is 0. The first-order valence-corrected chi connectivity index (χ1v) is 9.03. The van der Waals surface area contributed by atoms with E-state index in [-0.39, 0.29) is 23.1 Å². The number of benzene rings is 1. The molecule has 0 radical (unpaired) electrons. The molecule has 8 heteroatoms. The molecule has 0 N–H and O–H groups in total. The molecule has 0 amide bonds. The van der Waals surface area contributed by atoms with Gasteiger partial charge in [0, 0.05) is 11.8 Å². The number of fused-ring (bicyclic) bond motifs is 1. The molecule has 1 aromatic heterocycles. The highest BCUT2D eigenvalue weighted by atomic mass is 32.2. The van der Waals surface area contributed by atoms with Crippen LogP contribution in [0.4, 0.5) is 0 Å². The Labute approximate surface area is 140 Å². The van der Waals surface area contributed by atoms with Crippen LogP contribution in [0.25, 0.3) is 0 Å². The summed E-state index contributed by atoms with van der Waals surface area (Å²) < 4.78 is 36.8. The van der Waals surface area contributed by atoms with Gasteiger partial charge in [-0.1, -0.05) is 24.6 Å². The Morgan fingerprint density at radius 3 is 2.71 bits per heavy atom. The van der Waals surface area contributed by atoms with Gasteiger partial charge >= 0.3 is 0 Å². The summed E-state index contributed by atoms with van der Waals surface area (Å²) in [5, 5.41) is 0. The van der Waals surface area contributed by atoms with Gasteiger partial charge in [0.2, 0.25) is 0 Å². The molecule has 0 fully saturated rings. The molecular weight excluding hydrogens is 332 g/mol. The van der Waals surface area contributed by atoms with Gasteiger partial charge in [-0.15, -0.1) is 0 Å². The van der Waals surface area contributed by atoms with Gasteiger partial charge in [-0.3, -0.25) is 13.5 Å². The van der Waals surface area contributed by atoms with Crippen molar-refractivity contribution in [1.29, 1.82) is 0 Å². The Kier molecular flexibility index (Phi) is 4.42. The van der Waals surface area contributed by atoms with Crippen molar-refractivity contribution < 1.29 is 17.3 Å². The lowest BCUT2D eigenvalue weighted by atomic mass is 10.2. The minimum atomic E-state index is -3.85. The van der Waals surface area contributed by atoms with E-state index in [9.17, 15) is 13.2 Å². The highest BCUT2D eigenvalue weighted by Gasteiger charge is 2.28. The maximum atomic E-state index is 12.2. The molecule has 0 saturated carbocycles. The summed E-state index contributed by atoms with van der Waals surface area (Å²) in [4.78, 5) is 15.4. The van der Waals surface area contributed by atoms with Crippen LogP contribution in [0, 0.1) is 6.92 Å². The number of nitrogens with zero attached hydrogens (tertiary/aromatic N) is 2. The van der Waals surface area contributed by atoms with Gasteiger partial charge in [0.05, 0.1) is 11.4 Å². The molecule has 1 aliphatic rings. The van der Waals surface area contributed by atoms with Crippen LogP contribution >= 0.6 is 0 Å². The lowest BCUT2D eigenvalue weighted by Gasteiger charge is -2.10.